The highest BCUT2D eigenvalue weighted by Gasteiger charge is 2.13. The summed E-state index contributed by atoms with van der Waals surface area (Å²) in [5.41, 5.74) is 2.76. The molecule has 0 unspecified atom stereocenters. The normalized spacial score (nSPS) is 11.8. The number of para-hydroxylation sites is 2. The van der Waals surface area contributed by atoms with Crippen LogP contribution in [0.4, 0.5) is 5.69 Å². The molecule has 128 valence electrons. The summed E-state index contributed by atoms with van der Waals surface area (Å²) in [6.07, 6.45) is 0.923. The van der Waals surface area contributed by atoms with Gasteiger partial charge in [-0.25, -0.2) is 4.98 Å². The fourth-order valence-electron chi connectivity index (χ4n) is 2.53. The van der Waals surface area contributed by atoms with Gasteiger partial charge in [0.2, 0.25) is 5.12 Å². The summed E-state index contributed by atoms with van der Waals surface area (Å²) < 4.78 is 0. The summed E-state index contributed by atoms with van der Waals surface area (Å²) in [5.74, 6) is 0. The Bertz CT molecular complexity index is 888. The number of pyridine rings is 1. The van der Waals surface area contributed by atoms with Crippen LogP contribution in [0.25, 0.3) is 21.8 Å². The van der Waals surface area contributed by atoms with E-state index in [-0.39, 0.29) is 5.12 Å². The van der Waals surface area contributed by atoms with Crippen molar-refractivity contribution < 1.29 is 4.79 Å². The molecule has 1 N–H and O–H groups in total. The highest BCUT2D eigenvalue weighted by molar-refractivity contribution is 9.09. The SMILES string of the molecule is CCCN=C(Nc1c2ccccc2nc2ccccc12)SC(=O)CBr. The van der Waals surface area contributed by atoms with Crippen LogP contribution in [-0.2, 0) is 4.79 Å². The van der Waals surface area contributed by atoms with Gasteiger partial charge in [0.15, 0.2) is 5.17 Å². The fourth-order valence-corrected chi connectivity index (χ4v) is 3.45. The summed E-state index contributed by atoms with van der Waals surface area (Å²) >= 11 is 4.34. The molecular weight excluding hydrogens is 398 g/mol. The molecule has 0 fully saturated rings. The maximum absolute atomic E-state index is 11.9. The molecule has 4 nitrogen and oxygen atoms in total. The first-order valence-corrected chi connectivity index (χ1v) is 10.0. The van der Waals surface area contributed by atoms with E-state index in [1.54, 1.807) is 0 Å². The van der Waals surface area contributed by atoms with Crippen molar-refractivity contribution in [2.75, 3.05) is 17.2 Å². The number of halogens is 1. The van der Waals surface area contributed by atoms with Crippen molar-refractivity contribution in [3.8, 4) is 0 Å². The van der Waals surface area contributed by atoms with Crippen LogP contribution in [0.1, 0.15) is 13.3 Å². The van der Waals surface area contributed by atoms with Gasteiger partial charge in [0.05, 0.1) is 22.1 Å². The smallest absolute Gasteiger partial charge is 0.207 e. The molecule has 3 aromatic rings. The van der Waals surface area contributed by atoms with E-state index in [9.17, 15) is 4.79 Å². The third-order valence-electron chi connectivity index (χ3n) is 3.62. The van der Waals surface area contributed by atoms with Crippen LogP contribution in [0.15, 0.2) is 53.5 Å². The highest BCUT2D eigenvalue weighted by atomic mass is 79.9. The predicted octanol–water partition coefficient (Wildman–Crippen LogP) is 5.22. The summed E-state index contributed by atoms with van der Waals surface area (Å²) in [6.45, 7) is 2.74. The molecule has 0 saturated heterocycles. The van der Waals surface area contributed by atoms with Gasteiger partial charge in [0.1, 0.15) is 0 Å². The monoisotopic (exact) mass is 415 g/mol. The summed E-state index contributed by atoms with van der Waals surface area (Å²) in [4.78, 5) is 21.2. The van der Waals surface area contributed by atoms with Crippen molar-refractivity contribution in [3.05, 3.63) is 48.5 Å². The van der Waals surface area contributed by atoms with Gasteiger partial charge in [-0.1, -0.05) is 59.3 Å². The third kappa shape index (κ3) is 4.19. The Labute approximate surface area is 159 Å². The Hall–Kier alpha value is -1.92. The lowest BCUT2D eigenvalue weighted by Gasteiger charge is -2.14. The maximum Gasteiger partial charge on any atom is 0.207 e. The average molecular weight is 416 g/mol. The number of fused-ring (bicyclic) bond motifs is 2. The molecule has 0 amide bonds. The predicted molar refractivity (Wildman–Crippen MR) is 112 cm³/mol. The molecule has 0 saturated carbocycles. The van der Waals surface area contributed by atoms with Crippen molar-refractivity contribution in [3.63, 3.8) is 0 Å². The van der Waals surface area contributed by atoms with E-state index in [1.165, 1.54) is 0 Å². The zero-order valence-corrected chi connectivity index (χ0v) is 16.2. The minimum atomic E-state index is 0.0185. The summed E-state index contributed by atoms with van der Waals surface area (Å²) in [6, 6.07) is 16.0. The van der Waals surface area contributed by atoms with E-state index in [1.807, 2.05) is 48.5 Å². The van der Waals surface area contributed by atoms with Gasteiger partial charge >= 0.3 is 0 Å². The molecule has 0 radical (unpaired) electrons. The fraction of sp³-hybridized carbons (Fsp3) is 0.211. The molecule has 0 atom stereocenters. The van der Waals surface area contributed by atoms with Crippen LogP contribution in [-0.4, -0.2) is 27.1 Å². The topological polar surface area (TPSA) is 54.4 Å². The number of benzene rings is 2. The number of thioether (sulfide) groups is 1. The number of hydrogen-bond acceptors (Lipinski definition) is 4. The van der Waals surface area contributed by atoms with E-state index < -0.39 is 0 Å². The first kappa shape index (κ1) is 17.9. The Kier molecular flexibility index (Phi) is 6.04. The van der Waals surface area contributed by atoms with E-state index in [2.05, 4.69) is 33.2 Å². The number of carbonyl (C=O) groups excluding carboxylic acids is 1. The Morgan fingerprint density at radius 1 is 1.12 bits per heavy atom. The Morgan fingerprint density at radius 3 is 2.28 bits per heavy atom. The van der Waals surface area contributed by atoms with Gasteiger partial charge in [-0.2, -0.15) is 0 Å². The van der Waals surface area contributed by atoms with Crippen LogP contribution in [0.2, 0.25) is 0 Å². The number of aromatic nitrogens is 1. The lowest BCUT2D eigenvalue weighted by atomic mass is 10.1. The summed E-state index contributed by atoms with van der Waals surface area (Å²) in [5, 5.41) is 6.35. The highest BCUT2D eigenvalue weighted by Crippen LogP contribution is 2.31. The first-order chi connectivity index (χ1) is 12.2. The molecule has 0 bridgehead atoms. The van der Waals surface area contributed by atoms with Crippen LogP contribution in [0.3, 0.4) is 0 Å². The van der Waals surface area contributed by atoms with E-state index >= 15 is 0 Å². The molecule has 1 heterocycles. The van der Waals surface area contributed by atoms with Crippen molar-refractivity contribution in [1.82, 2.24) is 4.98 Å². The van der Waals surface area contributed by atoms with Gasteiger partial charge in [-0.05, 0) is 30.3 Å². The van der Waals surface area contributed by atoms with Crippen molar-refractivity contribution in [2.24, 2.45) is 4.99 Å². The van der Waals surface area contributed by atoms with Crippen molar-refractivity contribution in [1.29, 1.82) is 0 Å². The van der Waals surface area contributed by atoms with Gasteiger partial charge in [-0.3, -0.25) is 9.79 Å². The minimum absolute atomic E-state index is 0.0185. The van der Waals surface area contributed by atoms with Gasteiger partial charge < -0.3 is 5.32 Å². The second-order valence-corrected chi connectivity index (χ2v) is 7.05. The standard InChI is InChI=1S/C19H18BrN3OS/c1-2-11-21-19(25-17(24)12-20)23-18-13-7-3-5-9-15(13)22-16-10-6-4-8-14(16)18/h3-10H,2,11-12H2,1H3,(H,21,22,23). The van der Waals surface area contributed by atoms with E-state index in [0.717, 1.165) is 45.7 Å². The van der Waals surface area contributed by atoms with Crippen LogP contribution in [0.5, 0.6) is 0 Å². The second kappa shape index (κ2) is 8.45. The number of aliphatic imine (C=N–C) groups is 1. The van der Waals surface area contributed by atoms with Gasteiger partial charge in [0.25, 0.3) is 0 Å². The molecule has 1 aromatic heterocycles. The third-order valence-corrected chi connectivity index (χ3v) is 5.30. The molecule has 2 aromatic carbocycles. The van der Waals surface area contributed by atoms with Gasteiger partial charge in [0, 0.05) is 17.3 Å². The Morgan fingerprint density at radius 2 is 1.72 bits per heavy atom. The maximum atomic E-state index is 11.9. The number of anilines is 1. The van der Waals surface area contributed by atoms with E-state index in [0.29, 0.717) is 17.0 Å². The van der Waals surface area contributed by atoms with Crippen molar-refractivity contribution >= 4 is 65.5 Å². The second-order valence-electron chi connectivity index (χ2n) is 5.44. The zero-order chi connectivity index (χ0) is 17.6. The molecular formula is C19H18BrN3OS. The molecule has 0 aliphatic rings. The van der Waals surface area contributed by atoms with Gasteiger partial charge in [-0.15, -0.1) is 0 Å². The lowest BCUT2D eigenvalue weighted by Crippen LogP contribution is -2.13. The molecule has 25 heavy (non-hydrogen) atoms. The van der Waals surface area contributed by atoms with Crippen molar-refractivity contribution in [2.45, 2.75) is 13.3 Å². The van der Waals surface area contributed by atoms with E-state index in [4.69, 9.17) is 4.98 Å². The quantitative estimate of drug-likeness (QED) is 0.274. The van der Waals surface area contributed by atoms with Crippen LogP contribution < -0.4 is 5.32 Å². The number of amidine groups is 1. The Balaban J connectivity index is 2.12. The van der Waals surface area contributed by atoms with Crippen LogP contribution in [0, 0.1) is 0 Å². The minimum Gasteiger partial charge on any atom is -0.334 e. The zero-order valence-electron chi connectivity index (χ0n) is 13.8. The number of nitrogens with one attached hydrogen (secondary N) is 1. The molecule has 0 aliphatic heterocycles. The van der Waals surface area contributed by atoms with Crippen LogP contribution >= 0.6 is 27.7 Å². The number of rotatable bonds is 4. The summed E-state index contributed by atoms with van der Waals surface area (Å²) in [7, 11) is 0. The number of carbonyl (C=O) groups is 1. The lowest BCUT2D eigenvalue weighted by molar-refractivity contribution is -0.108. The molecule has 3 rings (SSSR count). The molecule has 0 spiro atoms. The largest absolute Gasteiger partial charge is 0.334 e. The molecule has 0 aliphatic carbocycles. The average Bonchev–Trinajstić information content (AvgIpc) is 2.65. The molecule has 6 heteroatoms. The number of nitrogens with zero attached hydrogens (tertiary/aromatic N) is 2. The first-order valence-electron chi connectivity index (χ1n) is 8.08. The number of alkyl halides is 1. The number of hydrogen-bond donors (Lipinski definition) is 1.